The molecule has 3 aromatic rings. The molecule has 1 amide bonds. The highest BCUT2D eigenvalue weighted by molar-refractivity contribution is 5.96. The summed E-state index contributed by atoms with van der Waals surface area (Å²) in [6.45, 7) is 4.02. The Morgan fingerprint density at radius 1 is 1.22 bits per heavy atom. The summed E-state index contributed by atoms with van der Waals surface area (Å²) in [6.07, 6.45) is 3.80. The third kappa shape index (κ3) is 2.59. The van der Waals surface area contributed by atoms with E-state index in [0.29, 0.717) is 5.82 Å². The molecule has 1 aliphatic rings. The molecule has 4 rings (SSSR count). The first-order valence-corrected chi connectivity index (χ1v) is 7.84. The van der Waals surface area contributed by atoms with Crippen molar-refractivity contribution in [3.8, 4) is 11.1 Å². The quantitative estimate of drug-likeness (QED) is 0.777. The van der Waals surface area contributed by atoms with Gasteiger partial charge in [0, 0.05) is 28.8 Å². The van der Waals surface area contributed by atoms with Gasteiger partial charge in [-0.2, -0.15) is 5.10 Å². The standard InChI is InChI=1S/C18H18N4O/c1-10-17(11(2)22-21-10)14-6-5-13-8-16(19-9-15(13)7-14)20-18(23)12-3-4-12/h5-9,12H,3-4H2,1-2H3,(H,21,22)(H,19,20,23). The lowest BCUT2D eigenvalue weighted by Crippen LogP contribution is -2.14. The summed E-state index contributed by atoms with van der Waals surface area (Å²) in [5.74, 6) is 0.887. The molecule has 1 fully saturated rings. The molecule has 0 spiro atoms. The monoisotopic (exact) mass is 306 g/mol. The highest BCUT2D eigenvalue weighted by Gasteiger charge is 2.29. The first-order valence-electron chi connectivity index (χ1n) is 7.84. The average molecular weight is 306 g/mol. The molecule has 2 N–H and O–H groups in total. The van der Waals surface area contributed by atoms with Crippen LogP contribution in [-0.2, 0) is 4.79 Å². The first kappa shape index (κ1) is 13.9. The summed E-state index contributed by atoms with van der Waals surface area (Å²) in [7, 11) is 0. The number of aryl methyl sites for hydroxylation is 2. The highest BCUT2D eigenvalue weighted by atomic mass is 16.2. The van der Waals surface area contributed by atoms with Crippen molar-refractivity contribution in [2.24, 2.45) is 5.92 Å². The van der Waals surface area contributed by atoms with Crippen molar-refractivity contribution in [1.82, 2.24) is 15.2 Å². The van der Waals surface area contributed by atoms with E-state index in [9.17, 15) is 4.79 Å². The van der Waals surface area contributed by atoms with Gasteiger partial charge in [-0.1, -0.05) is 12.1 Å². The molecule has 2 aromatic heterocycles. The number of H-pyrrole nitrogens is 1. The van der Waals surface area contributed by atoms with Crippen LogP contribution in [0.2, 0.25) is 0 Å². The van der Waals surface area contributed by atoms with Gasteiger partial charge in [-0.05, 0) is 49.8 Å². The van der Waals surface area contributed by atoms with Crippen molar-refractivity contribution < 1.29 is 4.79 Å². The van der Waals surface area contributed by atoms with E-state index in [1.54, 1.807) is 0 Å². The fourth-order valence-corrected chi connectivity index (χ4v) is 2.92. The number of hydrogen-bond acceptors (Lipinski definition) is 3. The predicted molar refractivity (Wildman–Crippen MR) is 90.2 cm³/mol. The van der Waals surface area contributed by atoms with Gasteiger partial charge in [0.25, 0.3) is 0 Å². The summed E-state index contributed by atoms with van der Waals surface area (Å²) in [4.78, 5) is 16.2. The van der Waals surface area contributed by atoms with E-state index < -0.39 is 0 Å². The number of pyridine rings is 1. The number of rotatable bonds is 3. The van der Waals surface area contributed by atoms with Gasteiger partial charge in [-0.15, -0.1) is 0 Å². The largest absolute Gasteiger partial charge is 0.310 e. The smallest absolute Gasteiger partial charge is 0.228 e. The second kappa shape index (κ2) is 5.19. The molecule has 0 atom stereocenters. The van der Waals surface area contributed by atoms with Crippen molar-refractivity contribution in [2.75, 3.05) is 5.32 Å². The van der Waals surface area contributed by atoms with Gasteiger partial charge in [-0.25, -0.2) is 4.98 Å². The van der Waals surface area contributed by atoms with Gasteiger partial charge in [0.15, 0.2) is 0 Å². The first-order chi connectivity index (χ1) is 11.1. The molecule has 116 valence electrons. The van der Waals surface area contributed by atoms with Gasteiger partial charge in [-0.3, -0.25) is 9.89 Å². The van der Waals surface area contributed by atoms with Crippen LogP contribution in [0.25, 0.3) is 21.9 Å². The maximum absolute atomic E-state index is 11.8. The molecule has 0 unspecified atom stereocenters. The normalized spacial score (nSPS) is 14.2. The van der Waals surface area contributed by atoms with Crippen LogP contribution in [0.1, 0.15) is 24.2 Å². The molecule has 5 heteroatoms. The molecule has 5 nitrogen and oxygen atoms in total. The van der Waals surface area contributed by atoms with Gasteiger partial charge >= 0.3 is 0 Å². The Kier molecular flexibility index (Phi) is 3.15. The van der Waals surface area contributed by atoms with Crippen LogP contribution in [0.15, 0.2) is 30.5 Å². The Morgan fingerprint density at radius 2 is 2.04 bits per heavy atom. The van der Waals surface area contributed by atoms with Crippen LogP contribution in [-0.4, -0.2) is 21.1 Å². The molecule has 1 saturated carbocycles. The number of anilines is 1. The van der Waals surface area contributed by atoms with E-state index in [0.717, 1.165) is 46.1 Å². The van der Waals surface area contributed by atoms with Crippen LogP contribution in [0, 0.1) is 19.8 Å². The lowest BCUT2D eigenvalue weighted by Gasteiger charge is -2.07. The molecule has 1 aromatic carbocycles. The summed E-state index contributed by atoms with van der Waals surface area (Å²) < 4.78 is 0. The Balaban J connectivity index is 1.68. The van der Waals surface area contributed by atoms with Gasteiger partial charge in [0.05, 0.1) is 5.69 Å². The van der Waals surface area contributed by atoms with Gasteiger partial charge in [0.2, 0.25) is 5.91 Å². The second-order valence-corrected chi connectivity index (χ2v) is 6.20. The Hall–Kier alpha value is -2.69. The average Bonchev–Trinajstić information content (AvgIpc) is 3.33. The number of carbonyl (C=O) groups excluding carboxylic acids is 1. The number of hydrogen-bond donors (Lipinski definition) is 2. The molecule has 2 heterocycles. The Bertz CT molecular complexity index is 889. The van der Waals surface area contributed by atoms with Crippen LogP contribution in [0.5, 0.6) is 0 Å². The number of carbonyl (C=O) groups is 1. The van der Waals surface area contributed by atoms with Crippen molar-refractivity contribution in [2.45, 2.75) is 26.7 Å². The number of nitrogens with one attached hydrogen (secondary N) is 2. The molecular weight excluding hydrogens is 288 g/mol. The van der Waals surface area contributed by atoms with E-state index in [-0.39, 0.29) is 11.8 Å². The summed E-state index contributed by atoms with van der Waals surface area (Å²) in [6, 6.07) is 8.18. The van der Waals surface area contributed by atoms with E-state index >= 15 is 0 Å². The van der Waals surface area contributed by atoms with Crippen LogP contribution in [0.4, 0.5) is 5.82 Å². The Morgan fingerprint density at radius 3 is 2.74 bits per heavy atom. The summed E-state index contributed by atoms with van der Waals surface area (Å²) in [5.41, 5.74) is 4.31. The summed E-state index contributed by atoms with van der Waals surface area (Å²) in [5, 5.41) is 12.3. The number of nitrogens with zero attached hydrogens (tertiary/aromatic N) is 2. The fourth-order valence-electron chi connectivity index (χ4n) is 2.92. The molecule has 0 aliphatic heterocycles. The topological polar surface area (TPSA) is 70.7 Å². The molecule has 0 saturated heterocycles. The number of aromatic amines is 1. The third-order valence-electron chi connectivity index (χ3n) is 4.34. The van der Waals surface area contributed by atoms with E-state index in [1.165, 1.54) is 0 Å². The van der Waals surface area contributed by atoms with Crippen molar-refractivity contribution in [3.63, 3.8) is 0 Å². The minimum Gasteiger partial charge on any atom is -0.310 e. The second-order valence-electron chi connectivity index (χ2n) is 6.20. The maximum atomic E-state index is 11.8. The van der Waals surface area contributed by atoms with Crippen LogP contribution < -0.4 is 5.32 Å². The SMILES string of the molecule is Cc1n[nH]c(C)c1-c1ccc2cc(NC(=O)C3CC3)ncc2c1. The van der Waals surface area contributed by atoms with Crippen molar-refractivity contribution in [3.05, 3.63) is 41.9 Å². The predicted octanol–water partition coefficient (Wildman–Crippen LogP) is 3.59. The highest BCUT2D eigenvalue weighted by Crippen LogP contribution is 2.31. The third-order valence-corrected chi connectivity index (χ3v) is 4.34. The van der Waals surface area contributed by atoms with E-state index in [2.05, 4.69) is 38.7 Å². The van der Waals surface area contributed by atoms with Gasteiger partial charge < -0.3 is 5.32 Å². The number of benzene rings is 1. The molecular formula is C18H18N4O. The Labute approximate surface area is 134 Å². The molecule has 1 aliphatic carbocycles. The molecule has 0 bridgehead atoms. The zero-order valence-corrected chi connectivity index (χ0v) is 13.2. The van der Waals surface area contributed by atoms with Crippen LogP contribution in [0.3, 0.4) is 0 Å². The minimum atomic E-state index is 0.0816. The molecule has 23 heavy (non-hydrogen) atoms. The van der Waals surface area contributed by atoms with E-state index in [1.807, 2.05) is 26.1 Å². The van der Waals surface area contributed by atoms with Crippen LogP contribution >= 0.6 is 0 Å². The zero-order chi connectivity index (χ0) is 16.0. The maximum Gasteiger partial charge on any atom is 0.228 e. The van der Waals surface area contributed by atoms with Crippen molar-refractivity contribution >= 4 is 22.5 Å². The molecule has 0 radical (unpaired) electrons. The zero-order valence-electron chi connectivity index (χ0n) is 13.2. The number of amides is 1. The fraction of sp³-hybridized carbons (Fsp3) is 0.278. The van der Waals surface area contributed by atoms with Gasteiger partial charge in [0.1, 0.15) is 5.82 Å². The lowest BCUT2D eigenvalue weighted by molar-refractivity contribution is -0.117. The lowest BCUT2D eigenvalue weighted by atomic mass is 10.0. The number of fused-ring (bicyclic) bond motifs is 1. The minimum absolute atomic E-state index is 0.0816. The van der Waals surface area contributed by atoms with Crippen molar-refractivity contribution in [1.29, 1.82) is 0 Å². The number of aromatic nitrogens is 3. The van der Waals surface area contributed by atoms with E-state index in [4.69, 9.17) is 0 Å². The summed E-state index contributed by atoms with van der Waals surface area (Å²) >= 11 is 0.